The smallest absolute Gasteiger partial charge is 0.270 e. The number of thiazole rings is 1. The molecule has 1 aliphatic heterocycles. The highest BCUT2D eigenvalue weighted by atomic mass is 32.1. The number of hydrogen-bond donors (Lipinski definition) is 0. The Bertz CT molecular complexity index is 910. The first-order valence-electron chi connectivity index (χ1n) is 8.95. The lowest BCUT2D eigenvalue weighted by atomic mass is 10.2. The molecule has 0 unspecified atom stereocenters. The third-order valence-electron chi connectivity index (χ3n) is 5.02. The Morgan fingerprint density at radius 2 is 2.00 bits per heavy atom. The molecule has 0 N–H and O–H groups in total. The number of piperazine rings is 1. The molecule has 1 saturated carbocycles. The summed E-state index contributed by atoms with van der Waals surface area (Å²) in [5.41, 5.74) is 4.86. The van der Waals surface area contributed by atoms with Crippen LogP contribution in [0, 0.1) is 0 Å². The number of likely N-dealkylation sites (N-methyl/N-ethyl adjacent to an activating group) is 1. The summed E-state index contributed by atoms with van der Waals surface area (Å²) in [6.45, 7) is 4.17. The van der Waals surface area contributed by atoms with E-state index >= 15 is 0 Å². The van der Waals surface area contributed by atoms with Gasteiger partial charge in [-0.25, -0.2) is 4.98 Å². The van der Waals surface area contributed by atoms with Gasteiger partial charge in [-0.1, -0.05) is 5.16 Å². The third kappa shape index (κ3) is 2.99. The van der Waals surface area contributed by atoms with E-state index < -0.39 is 0 Å². The molecular weight excluding hydrogens is 348 g/mol. The van der Waals surface area contributed by atoms with Gasteiger partial charge in [0.1, 0.15) is 10.6 Å². The number of pyridine rings is 1. The lowest BCUT2D eigenvalue weighted by Gasteiger charge is -2.34. The zero-order chi connectivity index (χ0) is 17.5. The Labute approximate surface area is 155 Å². The van der Waals surface area contributed by atoms with Crippen molar-refractivity contribution in [1.29, 1.82) is 0 Å². The van der Waals surface area contributed by atoms with E-state index in [9.17, 15) is 0 Å². The first-order valence-corrected chi connectivity index (χ1v) is 9.83. The van der Waals surface area contributed by atoms with Gasteiger partial charge in [0.05, 0.1) is 11.2 Å². The Morgan fingerprint density at radius 1 is 1.15 bits per heavy atom. The summed E-state index contributed by atoms with van der Waals surface area (Å²) in [5, 5.41) is 4.17. The number of aromatic nitrogens is 4. The van der Waals surface area contributed by atoms with Gasteiger partial charge < -0.3 is 14.3 Å². The molecule has 3 aromatic heterocycles. The molecule has 2 fully saturated rings. The van der Waals surface area contributed by atoms with E-state index in [-0.39, 0.29) is 0 Å². The van der Waals surface area contributed by atoms with Gasteiger partial charge in [-0.3, -0.25) is 4.98 Å². The minimum atomic E-state index is 0.533. The summed E-state index contributed by atoms with van der Waals surface area (Å²) in [5.74, 6) is 1.65. The maximum Gasteiger partial charge on any atom is 0.270 e. The van der Waals surface area contributed by atoms with Crippen molar-refractivity contribution in [3.63, 3.8) is 0 Å². The van der Waals surface area contributed by atoms with Crippen LogP contribution in [0.3, 0.4) is 0 Å². The highest BCUT2D eigenvalue weighted by Gasteiger charge is 2.30. The molecule has 0 radical (unpaired) electrons. The van der Waals surface area contributed by atoms with Crippen molar-refractivity contribution < 1.29 is 4.52 Å². The molecule has 0 aromatic carbocycles. The highest BCUT2D eigenvalue weighted by molar-refractivity contribution is 7.13. The second kappa shape index (κ2) is 6.44. The van der Waals surface area contributed by atoms with Crippen molar-refractivity contribution in [2.24, 2.45) is 0 Å². The largest absolute Gasteiger partial charge is 0.369 e. The van der Waals surface area contributed by atoms with Crippen LogP contribution in [-0.4, -0.2) is 58.2 Å². The first-order chi connectivity index (χ1) is 12.8. The maximum atomic E-state index is 5.53. The van der Waals surface area contributed by atoms with Crippen LogP contribution in [0.5, 0.6) is 0 Å². The summed E-state index contributed by atoms with van der Waals surface area (Å²) in [6.07, 6.45) is 4.22. The van der Waals surface area contributed by atoms with Crippen LogP contribution in [0.1, 0.15) is 24.5 Å². The van der Waals surface area contributed by atoms with E-state index in [0.29, 0.717) is 17.6 Å². The molecular formula is C18H20N6OS. The number of hydrogen-bond acceptors (Lipinski definition) is 8. The van der Waals surface area contributed by atoms with Crippen LogP contribution >= 0.6 is 11.3 Å². The topological polar surface area (TPSA) is 71.2 Å². The van der Waals surface area contributed by atoms with E-state index in [4.69, 9.17) is 4.52 Å². The van der Waals surface area contributed by atoms with Gasteiger partial charge >= 0.3 is 0 Å². The average Bonchev–Trinajstić information content (AvgIpc) is 3.20. The highest BCUT2D eigenvalue weighted by Crippen LogP contribution is 2.44. The molecule has 0 amide bonds. The van der Waals surface area contributed by atoms with E-state index in [2.05, 4.69) is 43.0 Å². The van der Waals surface area contributed by atoms with E-state index in [1.807, 2.05) is 17.8 Å². The van der Waals surface area contributed by atoms with Crippen molar-refractivity contribution in [2.45, 2.75) is 18.8 Å². The minimum absolute atomic E-state index is 0.533. The SMILES string of the molecule is CN1CCN(c2ccnc(-c3noc(-c4scnc4C4CC4)n3)c2)CC1. The zero-order valence-corrected chi connectivity index (χ0v) is 15.4. The number of anilines is 1. The van der Waals surface area contributed by atoms with Crippen LogP contribution in [0.2, 0.25) is 0 Å². The van der Waals surface area contributed by atoms with Crippen LogP contribution in [0.25, 0.3) is 22.3 Å². The van der Waals surface area contributed by atoms with Crippen LogP contribution < -0.4 is 4.90 Å². The van der Waals surface area contributed by atoms with Gasteiger partial charge in [-0.05, 0) is 32.0 Å². The van der Waals surface area contributed by atoms with E-state index in [1.165, 1.54) is 12.8 Å². The van der Waals surface area contributed by atoms with Crippen molar-refractivity contribution in [1.82, 2.24) is 25.0 Å². The minimum Gasteiger partial charge on any atom is -0.369 e. The predicted octanol–water partition coefficient (Wildman–Crippen LogP) is 2.88. The number of nitrogens with zero attached hydrogens (tertiary/aromatic N) is 6. The molecule has 134 valence electrons. The van der Waals surface area contributed by atoms with Crippen molar-refractivity contribution in [2.75, 3.05) is 38.1 Å². The second-order valence-electron chi connectivity index (χ2n) is 6.95. The van der Waals surface area contributed by atoms with Gasteiger partial charge in [0.2, 0.25) is 5.82 Å². The Hall–Kier alpha value is -2.32. The van der Waals surface area contributed by atoms with Gasteiger partial charge in [0, 0.05) is 44.0 Å². The molecule has 8 heteroatoms. The Morgan fingerprint density at radius 3 is 2.81 bits per heavy atom. The van der Waals surface area contributed by atoms with Crippen LogP contribution in [-0.2, 0) is 0 Å². The van der Waals surface area contributed by atoms with Gasteiger partial charge in [-0.2, -0.15) is 4.98 Å². The normalized spacial score (nSPS) is 18.4. The Balaban J connectivity index is 1.41. The van der Waals surface area contributed by atoms with Crippen molar-refractivity contribution >= 4 is 17.0 Å². The van der Waals surface area contributed by atoms with E-state index in [1.54, 1.807) is 11.3 Å². The van der Waals surface area contributed by atoms with Gasteiger partial charge in [0.25, 0.3) is 5.89 Å². The molecule has 0 spiro atoms. The van der Waals surface area contributed by atoms with Gasteiger partial charge in [-0.15, -0.1) is 11.3 Å². The quantitative estimate of drug-likeness (QED) is 0.701. The molecule has 1 aliphatic carbocycles. The van der Waals surface area contributed by atoms with Crippen LogP contribution in [0.15, 0.2) is 28.4 Å². The lowest BCUT2D eigenvalue weighted by molar-refractivity contribution is 0.313. The number of rotatable bonds is 4. The lowest BCUT2D eigenvalue weighted by Crippen LogP contribution is -2.44. The fraction of sp³-hybridized carbons (Fsp3) is 0.444. The molecule has 26 heavy (non-hydrogen) atoms. The summed E-state index contributed by atoms with van der Waals surface area (Å²) >= 11 is 1.56. The van der Waals surface area contributed by atoms with Gasteiger partial charge in [0.15, 0.2) is 0 Å². The summed E-state index contributed by atoms with van der Waals surface area (Å²) in [4.78, 5) is 19.2. The molecule has 2 aliphatic rings. The fourth-order valence-electron chi connectivity index (χ4n) is 3.29. The molecule has 1 saturated heterocycles. The second-order valence-corrected chi connectivity index (χ2v) is 7.81. The summed E-state index contributed by atoms with van der Waals surface area (Å²) in [7, 11) is 2.16. The summed E-state index contributed by atoms with van der Waals surface area (Å²) in [6, 6.07) is 4.10. The average molecular weight is 368 g/mol. The fourth-order valence-corrected chi connectivity index (χ4v) is 4.08. The monoisotopic (exact) mass is 368 g/mol. The molecule has 0 atom stereocenters. The van der Waals surface area contributed by atoms with Crippen molar-refractivity contribution in [3.05, 3.63) is 29.5 Å². The van der Waals surface area contributed by atoms with Crippen LogP contribution in [0.4, 0.5) is 5.69 Å². The molecule has 5 rings (SSSR count). The van der Waals surface area contributed by atoms with Crippen molar-refractivity contribution in [3.8, 4) is 22.3 Å². The predicted molar refractivity (Wildman–Crippen MR) is 100 cm³/mol. The van der Waals surface area contributed by atoms with E-state index in [0.717, 1.165) is 48.1 Å². The third-order valence-corrected chi connectivity index (χ3v) is 5.85. The molecule has 0 bridgehead atoms. The Kier molecular flexibility index (Phi) is 3.94. The maximum absolute atomic E-state index is 5.53. The molecule has 7 nitrogen and oxygen atoms in total. The molecule has 3 aromatic rings. The molecule has 4 heterocycles. The standard InChI is InChI=1S/C18H20N6OS/c1-23-6-8-24(9-7-23)13-4-5-19-14(10-13)17-21-18(25-22-17)16-15(12-2-3-12)20-11-26-16/h4-5,10-12H,2-3,6-9H2,1H3. The zero-order valence-electron chi connectivity index (χ0n) is 14.6. The summed E-state index contributed by atoms with van der Waals surface area (Å²) < 4.78 is 5.53. The first kappa shape index (κ1) is 15.9.